The minimum atomic E-state index is -2.21. The van der Waals surface area contributed by atoms with Crippen LogP contribution >= 0.6 is 11.8 Å². The van der Waals surface area contributed by atoms with Gasteiger partial charge in [-0.25, -0.2) is 22.0 Å². The van der Waals surface area contributed by atoms with Crippen molar-refractivity contribution in [3.63, 3.8) is 0 Å². The highest BCUT2D eigenvalue weighted by Gasteiger charge is 2.25. The molecule has 22 heavy (non-hydrogen) atoms. The van der Waals surface area contributed by atoms with Crippen LogP contribution in [0.15, 0.2) is 29.2 Å². The van der Waals surface area contributed by atoms with Gasteiger partial charge < -0.3 is 0 Å². The lowest BCUT2D eigenvalue weighted by Gasteiger charge is -2.08. The first kappa shape index (κ1) is 16.2. The summed E-state index contributed by atoms with van der Waals surface area (Å²) in [5.41, 5.74) is -1.12. The van der Waals surface area contributed by atoms with E-state index < -0.39 is 45.3 Å². The first-order chi connectivity index (χ1) is 10.3. The molecule has 3 nitrogen and oxygen atoms in total. The molecule has 0 spiro atoms. The number of hydrogen-bond acceptors (Lipinski definition) is 3. The van der Waals surface area contributed by atoms with Crippen molar-refractivity contribution in [1.82, 2.24) is 0 Å². The Bertz CT molecular complexity index is 707. The molecule has 0 unspecified atom stereocenters. The van der Waals surface area contributed by atoms with Crippen molar-refractivity contribution in [1.29, 1.82) is 0 Å². The van der Waals surface area contributed by atoms with E-state index in [0.717, 1.165) is 11.8 Å². The summed E-state index contributed by atoms with van der Waals surface area (Å²) in [7, 11) is 0. The molecule has 0 heterocycles. The zero-order valence-electron chi connectivity index (χ0n) is 10.6. The molecule has 0 fully saturated rings. The number of halogens is 5. The maximum atomic E-state index is 13.5. The molecule has 0 aliphatic rings. The average molecular weight is 335 g/mol. The molecule has 0 amide bonds. The van der Waals surface area contributed by atoms with Gasteiger partial charge in [0.1, 0.15) is 0 Å². The molecule has 116 valence electrons. The van der Waals surface area contributed by atoms with Gasteiger partial charge in [-0.05, 0) is 12.1 Å². The molecule has 2 aromatic carbocycles. The average Bonchev–Trinajstić information content (AvgIpc) is 2.51. The van der Waals surface area contributed by atoms with Crippen LogP contribution in [0, 0.1) is 39.2 Å². The third-order valence-corrected chi connectivity index (χ3v) is 3.77. The highest BCUT2D eigenvalue weighted by molar-refractivity contribution is 7.98. The Morgan fingerprint density at radius 3 is 1.77 bits per heavy atom. The summed E-state index contributed by atoms with van der Waals surface area (Å²) >= 11 is 0.787. The van der Waals surface area contributed by atoms with Crippen molar-refractivity contribution >= 4 is 17.4 Å². The van der Waals surface area contributed by atoms with Gasteiger partial charge in [-0.1, -0.05) is 0 Å². The molecule has 0 aliphatic carbocycles. The Morgan fingerprint density at radius 2 is 1.32 bits per heavy atom. The van der Waals surface area contributed by atoms with E-state index in [1.165, 1.54) is 24.3 Å². The van der Waals surface area contributed by atoms with E-state index in [1.54, 1.807) is 0 Å². The monoisotopic (exact) mass is 335 g/mol. The maximum Gasteiger partial charge on any atom is 0.269 e. The van der Waals surface area contributed by atoms with E-state index in [-0.39, 0.29) is 5.69 Å². The Balaban J connectivity index is 2.23. The second-order valence-corrected chi connectivity index (χ2v) is 5.14. The zero-order valence-corrected chi connectivity index (χ0v) is 11.4. The zero-order chi connectivity index (χ0) is 16.4. The number of rotatable bonds is 4. The van der Waals surface area contributed by atoms with E-state index in [9.17, 15) is 32.1 Å². The third kappa shape index (κ3) is 3.03. The van der Waals surface area contributed by atoms with Gasteiger partial charge in [0.25, 0.3) is 5.69 Å². The Labute approximate surface area is 124 Å². The minimum Gasteiger partial charge on any atom is -0.258 e. The third-order valence-electron chi connectivity index (χ3n) is 2.73. The van der Waals surface area contributed by atoms with Gasteiger partial charge in [0.2, 0.25) is 5.82 Å². The molecule has 2 rings (SSSR count). The van der Waals surface area contributed by atoms with Crippen LogP contribution in [-0.4, -0.2) is 4.92 Å². The van der Waals surface area contributed by atoms with E-state index in [1.807, 2.05) is 0 Å². The van der Waals surface area contributed by atoms with E-state index in [4.69, 9.17) is 0 Å². The first-order valence-electron chi connectivity index (χ1n) is 5.70. The van der Waals surface area contributed by atoms with E-state index in [0.29, 0.717) is 4.90 Å². The SMILES string of the molecule is O=[N+]([O-])c1ccc(SCc2c(F)c(F)c(F)c(F)c2F)cc1. The molecule has 0 atom stereocenters. The summed E-state index contributed by atoms with van der Waals surface area (Å²) in [6.45, 7) is 0. The second-order valence-electron chi connectivity index (χ2n) is 4.09. The second kappa shape index (κ2) is 6.30. The number of nitro groups is 1. The van der Waals surface area contributed by atoms with Gasteiger partial charge in [-0.3, -0.25) is 10.1 Å². The fourth-order valence-corrected chi connectivity index (χ4v) is 2.49. The van der Waals surface area contributed by atoms with Crippen LogP contribution in [0.3, 0.4) is 0 Å². The normalized spacial score (nSPS) is 10.8. The fourth-order valence-electron chi connectivity index (χ4n) is 1.60. The summed E-state index contributed by atoms with van der Waals surface area (Å²) in [6.07, 6.45) is 0. The molecule has 9 heteroatoms. The van der Waals surface area contributed by atoms with Crippen molar-refractivity contribution in [2.24, 2.45) is 0 Å². The van der Waals surface area contributed by atoms with Crippen molar-refractivity contribution < 1.29 is 26.9 Å². The van der Waals surface area contributed by atoms with Crippen molar-refractivity contribution in [2.45, 2.75) is 10.6 Å². The molecule has 0 aliphatic heterocycles. The molecule has 0 saturated heterocycles. The number of benzene rings is 2. The van der Waals surface area contributed by atoms with Gasteiger partial charge in [-0.15, -0.1) is 11.8 Å². The number of non-ortho nitro benzene ring substituents is 1. The summed E-state index contributed by atoms with van der Waals surface area (Å²) in [5, 5.41) is 10.5. The molecule has 0 radical (unpaired) electrons. The first-order valence-corrected chi connectivity index (χ1v) is 6.69. The van der Waals surface area contributed by atoms with Gasteiger partial charge in [0.15, 0.2) is 23.3 Å². The van der Waals surface area contributed by atoms with Gasteiger partial charge in [0, 0.05) is 28.3 Å². The molecule has 0 N–H and O–H groups in total. The van der Waals surface area contributed by atoms with Gasteiger partial charge >= 0.3 is 0 Å². The standard InChI is InChI=1S/C13H6F5NO2S/c14-9-8(10(15)12(17)13(18)11(9)16)5-22-7-3-1-6(2-4-7)19(20)21/h1-4H,5H2. The molecular weight excluding hydrogens is 329 g/mol. The van der Waals surface area contributed by atoms with Crippen LogP contribution in [0.1, 0.15) is 5.56 Å². The smallest absolute Gasteiger partial charge is 0.258 e. The lowest BCUT2D eigenvalue weighted by molar-refractivity contribution is -0.384. The Hall–Kier alpha value is -2.16. The van der Waals surface area contributed by atoms with Crippen LogP contribution in [0.5, 0.6) is 0 Å². The van der Waals surface area contributed by atoms with Gasteiger partial charge in [-0.2, -0.15) is 0 Å². The summed E-state index contributed by atoms with van der Waals surface area (Å²) in [6, 6.07) is 4.96. The Morgan fingerprint density at radius 1 is 0.864 bits per heavy atom. The molecular formula is C13H6F5NO2S. The number of nitrogens with zero attached hydrogens (tertiary/aromatic N) is 1. The van der Waals surface area contributed by atoms with Crippen LogP contribution in [0.2, 0.25) is 0 Å². The highest BCUT2D eigenvalue weighted by Crippen LogP contribution is 2.30. The predicted molar refractivity (Wildman–Crippen MR) is 68.9 cm³/mol. The fraction of sp³-hybridized carbons (Fsp3) is 0.0769. The molecule has 2 aromatic rings. The minimum absolute atomic E-state index is 0.180. The van der Waals surface area contributed by atoms with Crippen molar-refractivity contribution in [3.8, 4) is 0 Å². The number of hydrogen-bond donors (Lipinski definition) is 0. The van der Waals surface area contributed by atoms with Crippen molar-refractivity contribution in [2.75, 3.05) is 0 Å². The topological polar surface area (TPSA) is 43.1 Å². The number of thioether (sulfide) groups is 1. The lowest BCUT2D eigenvalue weighted by Crippen LogP contribution is -2.06. The van der Waals surface area contributed by atoms with E-state index in [2.05, 4.69) is 0 Å². The van der Waals surface area contributed by atoms with Crippen LogP contribution in [-0.2, 0) is 5.75 Å². The van der Waals surface area contributed by atoms with Crippen LogP contribution in [0.4, 0.5) is 27.6 Å². The predicted octanol–water partition coefficient (Wildman–Crippen LogP) is 4.58. The maximum absolute atomic E-state index is 13.5. The molecule has 0 saturated carbocycles. The number of nitro benzene ring substituents is 1. The van der Waals surface area contributed by atoms with Crippen molar-refractivity contribution in [3.05, 3.63) is 69.0 Å². The van der Waals surface area contributed by atoms with E-state index >= 15 is 0 Å². The lowest BCUT2D eigenvalue weighted by atomic mass is 10.2. The summed E-state index contributed by atoms with van der Waals surface area (Å²) in [5.74, 6) is -10.5. The Kier molecular flexibility index (Phi) is 4.65. The largest absolute Gasteiger partial charge is 0.269 e. The summed E-state index contributed by atoms with van der Waals surface area (Å²) < 4.78 is 65.8. The highest BCUT2D eigenvalue weighted by atomic mass is 32.2. The molecule has 0 aromatic heterocycles. The van der Waals surface area contributed by atoms with Crippen LogP contribution < -0.4 is 0 Å². The van der Waals surface area contributed by atoms with Gasteiger partial charge in [0.05, 0.1) is 4.92 Å². The summed E-state index contributed by atoms with van der Waals surface area (Å²) in [4.78, 5) is 10.2. The molecule has 0 bridgehead atoms. The van der Waals surface area contributed by atoms with Crippen LogP contribution in [0.25, 0.3) is 0 Å². The quantitative estimate of drug-likeness (QED) is 0.205.